The van der Waals surface area contributed by atoms with Crippen LogP contribution in [0, 0.1) is 11.3 Å². The van der Waals surface area contributed by atoms with Gasteiger partial charge in [-0.15, -0.1) is 12.4 Å². The van der Waals surface area contributed by atoms with E-state index in [4.69, 9.17) is 4.74 Å². The normalized spacial score (nSPS) is 37.8. The summed E-state index contributed by atoms with van der Waals surface area (Å²) in [5, 5.41) is 3.46. The van der Waals surface area contributed by atoms with Crippen molar-refractivity contribution in [1.29, 1.82) is 0 Å². The average molecular weight is 289 g/mol. The van der Waals surface area contributed by atoms with Gasteiger partial charge in [-0.2, -0.15) is 0 Å². The molecule has 2 saturated heterocycles. The van der Waals surface area contributed by atoms with E-state index in [1.807, 2.05) is 0 Å². The van der Waals surface area contributed by atoms with E-state index in [2.05, 4.69) is 10.2 Å². The standard InChI is InChI=1S/C14H24N2O2.ClH/c1-18-12-5-7-16(9-12)13(17)14-6-3-2-4-11(14)8-15-10-14;/h11-12,15H,2-10H2,1H3;1H/t11-,12-,14+;/m0./s1. The number of methoxy groups -OCH3 is 1. The van der Waals surface area contributed by atoms with Gasteiger partial charge in [0.15, 0.2) is 0 Å². The molecular formula is C14H25ClN2O2. The summed E-state index contributed by atoms with van der Waals surface area (Å²) in [4.78, 5) is 15.0. The number of ether oxygens (including phenoxy) is 1. The number of carbonyl (C=O) groups is 1. The Morgan fingerprint density at radius 3 is 2.95 bits per heavy atom. The summed E-state index contributed by atoms with van der Waals surface area (Å²) in [5.74, 6) is 0.970. The summed E-state index contributed by atoms with van der Waals surface area (Å²) in [7, 11) is 1.75. The molecule has 5 heteroatoms. The Kier molecular flexibility index (Phi) is 4.75. The van der Waals surface area contributed by atoms with Gasteiger partial charge in [0.2, 0.25) is 5.91 Å². The van der Waals surface area contributed by atoms with Gasteiger partial charge in [0.25, 0.3) is 0 Å². The second kappa shape index (κ2) is 5.98. The summed E-state index contributed by atoms with van der Waals surface area (Å²) in [6.07, 6.45) is 6.06. The van der Waals surface area contributed by atoms with Gasteiger partial charge in [-0.25, -0.2) is 0 Å². The molecule has 2 heterocycles. The molecule has 0 bridgehead atoms. The largest absolute Gasteiger partial charge is 0.380 e. The molecule has 0 unspecified atom stereocenters. The Morgan fingerprint density at radius 1 is 1.37 bits per heavy atom. The summed E-state index contributed by atoms with van der Waals surface area (Å²) in [5.41, 5.74) is -0.0825. The van der Waals surface area contributed by atoms with Crippen molar-refractivity contribution >= 4 is 18.3 Å². The fourth-order valence-corrected chi connectivity index (χ4v) is 4.09. The van der Waals surface area contributed by atoms with Crippen LogP contribution in [0.4, 0.5) is 0 Å². The Morgan fingerprint density at radius 2 is 2.21 bits per heavy atom. The third-order valence-corrected chi connectivity index (χ3v) is 5.23. The van der Waals surface area contributed by atoms with Crippen molar-refractivity contribution in [3.63, 3.8) is 0 Å². The maximum absolute atomic E-state index is 12.9. The van der Waals surface area contributed by atoms with Crippen molar-refractivity contribution in [2.45, 2.75) is 38.2 Å². The van der Waals surface area contributed by atoms with E-state index >= 15 is 0 Å². The highest BCUT2D eigenvalue weighted by Gasteiger charge is 2.52. The van der Waals surface area contributed by atoms with Gasteiger partial charge in [-0.1, -0.05) is 12.8 Å². The smallest absolute Gasteiger partial charge is 0.230 e. The monoisotopic (exact) mass is 288 g/mol. The molecule has 1 N–H and O–H groups in total. The topological polar surface area (TPSA) is 41.6 Å². The van der Waals surface area contributed by atoms with Crippen molar-refractivity contribution < 1.29 is 9.53 Å². The second-order valence-electron chi connectivity index (χ2n) is 6.13. The predicted molar refractivity (Wildman–Crippen MR) is 76.5 cm³/mol. The van der Waals surface area contributed by atoms with Crippen molar-refractivity contribution in [2.75, 3.05) is 33.3 Å². The summed E-state index contributed by atoms with van der Waals surface area (Å²) < 4.78 is 5.38. The molecule has 3 aliphatic rings. The van der Waals surface area contributed by atoms with Gasteiger partial charge in [0, 0.05) is 26.7 Å². The highest BCUT2D eigenvalue weighted by atomic mass is 35.5. The lowest BCUT2D eigenvalue weighted by molar-refractivity contribution is -0.144. The number of halogens is 1. The van der Waals surface area contributed by atoms with Crippen LogP contribution in [0.25, 0.3) is 0 Å². The fraction of sp³-hybridized carbons (Fsp3) is 0.929. The summed E-state index contributed by atoms with van der Waals surface area (Å²) in [6.45, 7) is 3.60. The Hall–Kier alpha value is -0.320. The number of rotatable bonds is 2. The first kappa shape index (κ1) is 15.1. The van der Waals surface area contributed by atoms with Crippen LogP contribution >= 0.6 is 12.4 Å². The fourth-order valence-electron chi connectivity index (χ4n) is 4.09. The molecule has 3 atom stereocenters. The Labute approximate surface area is 121 Å². The molecule has 0 aromatic heterocycles. The van der Waals surface area contributed by atoms with E-state index in [0.717, 1.165) is 39.0 Å². The van der Waals surface area contributed by atoms with Crippen LogP contribution in [-0.4, -0.2) is 50.2 Å². The number of nitrogens with zero attached hydrogens (tertiary/aromatic N) is 1. The molecule has 0 aromatic carbocycles. The molecule has 1 amide bonds. The van der Waals surface area contributed by atoms with E-state index < -0.39 is 0 Å². The number of amides is 1. The Bertz CT molecular complexity index is 339. The molecule has 1 aliphatic carbocycles. The number of likely N-dealkylation sites (tertiary alicyclic amines) is 1. The molecule has 1 saturated carbocycles. The molecule has 3 fully saturated rings. The van der Waals surface area contributed by atoms with Gasteiger partial charge >= 0.3 is 0 Å². The highest BCUT2D eigenvalue weighted by Crippen LogP contribution is 2.45. The first-order valence-electron chi connectivity index (χ1n) is 7.29. The molecule has 0 radical (unpaired) electrons. The number of nitrogens with one attached hydrogen (secondary N) is 1. The zero-order chi connectivity index (χ0) is 12.6. The minimum Gasteiger partial charge on any atom is -0.380 e. The van der Waals surface area contributed by atoms with Crippen LogP contribution in [0.2, 0.25) is 0 Å². The third-order valence-electron chi connectivity index (χ3n) is 5.23. The molecule has 19 heavy (non-hydrogen) atoms. The van der Waals surface area contributed by atoms with Crippen LogP contribution in [0.15, 0.2) is 0 Å². The van der Waals surface area contributed by atoms with E-state index in [1.165, 1.54) is 19.3 Å². The van der Waals surface area contributed by atoms with E-state index in [0.29, 0.717) is 11.8 Å². The first-order valence-corrected chi connectivity index (χ1v) is 7.29. The Balaban J connectivity index is 0.00000133. The maximum Gasteiger partial charge on any atom is 0.230 e. The minimum absolute atomic E-state index is 0. The van der Waals surface area contributed by atoms with Crippen molar-refractivity contribution in [3.8, 4) is 0 Å². The van der Waals surface area contributed by atoms with Crippen LogP contribution in [0.5, 0.6) is 0 Å². The molecule has 0 spiro atoms. The van der Waals surface area contributed by atoms with Gasteiger partial charge < -0.3 is 15.0 Å². The molecule has 4 nitrogen and oxygen atoms in total. The minimum atomic E-state index is -0.0825. The van der Waals surface area contributed by atoms with E-state index in [1.54, 1.807) is 7.11 Å². The van der Waals surface area contributed by atoms with Crippen molar-refractivity contribution in [3.05, 3.63) is 0 Å². The van der Waals surface area contributed by atoms with Crippen LogP contribution in [-0.2, 0) is 9.53 Å². The van der Waals surface area contributed by atoms with E-state index in [9.17, 15) is 4.79 Å². The van der Waals surface area contributed by atoms with Gasteiger partial charge in [-0.05, 0) is 31.7 Å². The molecule has 2 aliphatic heterocycles. The van der Waals surface area contributed by atoms with Gasteiger partial charge in [0.05, 0.1) is 11.5 Å². The summed E-state index contributed by atoms with van der Waals surface area (Å²) in [6, 6.07) is 0. The van der Waals surface area contributed by atoms with E-state index in [-0.39, 0.29) is 23.9 Å². The average Bonchev–Trinajstić information content (AvgIpc) is 3.05. The summed E-state index contributed by atoms with van der Waals surface area (Å²) >= 11 is 0. The maximum atomic E-state index is 12.9. The third kappa shape index (κ3) is 2.50. The van der Waals surface area contributed by atoms with Crippen molar-refractivity contribution in [2.24, 2.45) is 11.3 Å². The van der Waals surface area contributed by atoms with Gasteiger partial charge in [0.1, 0.15) is 0 Å². The lowest BCUT2D eigenvalue weighted by Gasteiger charge is -2.39. The zero-order valence-corrected chi connectivity index (χ0v) is 12.5. The van der Waals surface area contributed by atoms with Crippen LogP contribution in [0.3, 0.4) is 0 Å². The lowest BCUT2D eigenvalue weighted by Crippen LogP contribution is -2.49. The SMILES string of the molecule is CO[C@H]1CCN(C(=O)[C@@]23CCCC[C@H]2CNC3)C1.Cl. The molecule has 3 rings (SSSR count). The lowest BCUT2D eigenvalue weighted by atomic mass is 9.67. The highest BCUT2D eigenvalue weighted by molar-refractivity contribution is 5.85. The van der Waals surface area contributed by atoms with Crippen LogP contribution < -0.4 is 5.32 Å². The van der Waals surface area contributed by atoms with Gasteiger partial charge in [-0.3, -0.25) is 4.79 Å². The first-order chi connectivity index (χ1) is 8.76. The second-order valence-corrected chi connectivity index (χ2v) is 6.13. The zero-order valence-electron chi connectivity index (χ0n) is 11.7. The van der Waals surface area contributed by atoms with Crippen LogP contribution in [0.1, 0.15) is 32.1 Å². The molecular weight excluding hydrogens is 264 g/mol. The number of fused-ring (bicyclic) bond motifs is 1. The molecule has 110 valence electrons. The number of carbonyl (C=O) groups excluding carboxylic acids is 1. The number of hydrogen-bond acceptors (Lipinski definition) is 3. The number of hydrogen-bond donors (Lipinski definition) is 1. The quantitative estimate of drug-likeness (QED) is 0.836. The van der Waals surface area contributed by atoms with Crippen molar-refractivity contribution in [1.82, 2.24) is 10.2 Å². The predicted octanol–water partition coefficient (Wildman–Crippen LogP) is 1.44. The molecule has 0 aromatic rings.